The Balaban J connectivity index is 0. The quantitative estimate of drug-likeness (QED) is 0.447. The molecule has 0 rings (SSSR count). The smallest absolute Gasteiger partial charge is 0.337 e. The first-order valence-electron chi connectivity index (χ1n) is 2.49. The predicted octanol–water partition coefficient (Wildman–Crippen LogP) is -3.69. The summed E-state index contributed by atoms with van der Waals surface area (Å²) in [4.78, 5) is 9.99. The van der Waals surface area contributed by atoms with Crippen molar-refractivity contribution in [3.8, 4) is 0 Å². The van der Waals surface area contributed by atoms with Crippen molar-refractivity contribution in [3.63, 3.8) is 0 Å². The summed E-state index contributed by atoms with van der Waals surface area (Å²) in [6, 6.07) is 0. The topological polar surface area (TPSA) is 57.5 Å². The standard InChI is InChI=1S/C5H10O3S.ClH/c1-9(2)3-4(6)5(7)8;/h4,6H,3H2,1-2H3;1H. The summed E-state index contributed by atoms with van der Waals surface area (Å²) in [6.07, 6.45) is 2.61. The second-order valence-corrected chi connectivity index (χ2v) is 4.31. The van der Waals surface area contributed by atoms with Crippen molar-refractivity contribution < 1.29 is 27.4 Å². The van der Waals surface area contributed by atoms with Crippen LogP contribution >= 0.6 is 0 Å². The summed E-state index contributed by atoms with van der Waals surface area (Å²) in [5.74, 6) is -0.772. The van der Waals surface area contributed by atoms with Crippen LogP contribution in [0.1, 0.15) is 0 Å². The normalized spacial score (nSPS) is 12.4. The average molecular weight is 187 g/mol. The van der Waals surface area contributed by atoms with Crippen molar-refractivity contribution in [3.05, 3.63) is 0 Å². The Hall–Kier alpha value is 0.0700. The SMILES string of the molecule is C[S+](C)CC(O)C(=O)O.[Cl-]. The van der Waals surface area contributed by atoms with Gasteiger partial charge in [0.2, 0.25) is 0 Å². The van der Waals surface area contributed by atoms with Crippen molar-refractivity contribution in [2.75, 3.05) is 18.3 Å². The van der Waals surface area contributed by atoms with E-state index in [2.05, 4.69) is 0 Å². The van der Waals surface area contributed by atoms with E-state index in [9.17, 15) is 4.79 Å². The molecule has 1 atom stereocenters. The first kappa shape index (κ1) is 12.7. The molecule has 0 radical (unpaired) electrons. The zero-order valence-corrected chi connectivity index (χ0v) is 7.45. The third kappa shape index (κ3) is 6.19. The first-order chi connectivity index (χ1) is 4.04. The van der Waals surface area contributed by atoms with Crippen molar-refractivity contribution in [2.24, 2.45) is 0 Å². The highest BCUT2D eigenvalue weighted by Crippen LogP contribution is 1.90. The molecule has 0 aromatic carbocycles. The van der Waals surface area contributed by atoms with Crippen LogP contribution < -0.4 is 12.4 Å². The maximum absolute atomic E-state index is 9.99. The summed E-state index contributed by atoms with van der Waals surface area (Å²) in [5.41, 5.74) is 0. The van der Waals surface area contributed by atoms with Gasteiger partial charge in [-0.15, -0.1) is 0 Å². The van der Waals surface area contributed by atoms with Gasteiger partial charge in [-0.1, -0.05) is 0 Å². The fourth-order valence-corrected chi connectivity index (χ4v) is 1.16. The van der Waals surface area contributed by atoms with Crippen LogP contribution in [0.5, 0.6) is 0 Å². The molecule has 0 aliphatic heterocycles. The Labute approximate surface area is 69.2 Å². The molecule has 1 unspecified atom stereocenters. The van der Waals surface area contributed by atoms with Crippen LogP contribution in [0.4, 0.5) is 0 Å². The number of carboxylic acid groups (broad SMARTS) is 1. The van der Waals surface area contributed by atoms with Gasteiger partial charge in [-0.2, -0.15) is 0 Å². The summed E-state index contributed by atoms with van der Waals surface area (Å²) in [5, 5.41) is 16.9. The van der Waals surface area contributed by atoms with Gasteiger partial charge in [0.25, 0.3) is 0 Å². The predicted molar refractivity (Wildman–Crippen MR) is 37.7 cm³/mol. The van der Waals surface area contributed by atoms with Crippen molar-refractivity contribution in [1.29, 1.82) is 0 Å². The van der Waals surface area contributed by atoms with Gasteiger partial charge in [0, 0.05) is 0 Å². The molecule has 3 nitrogen and oxygen atoms in total. The molecule has 2 N–H and O–H groups in total. The van der Waals surface area contributed by atoms with Gasteiger partial charge in [0.15, 0.2) is 6.10 Å². The van der Waals surface area contributed by atoms with Gasteiger partial charge in [-0.3, -0.25) is 0 Å². The average Bonchev–Trinajstić information content (AvgIpc) is 1.63. The number of carboxylic acids is 1. The molecule has 0 amide bonds. The van der Waals surface area contributed by atoms with Crippen LogP contribution in [-0.4, -0.2) is 40.6 Å². The van der Waals surface area contributed by atoms with Gasteiger partial charge >= 0.3 is 5.97 Å². The Morgan fingerprint density at radius 1 is 1.60 bits per heavy atom. The molecule has 0 saturated heterocycles. The van der Waals surface area contributed by atoms with E-state index in [1.54, 1.807) is 0 Å². The zero-order valence-electron chi connectivity index (χ0n) is 5.87. The van der Waals surface area contributed by atoms with Crippen molar-refractivity contribution in [2.45, 2.75) is 6.10 Å². The molecule has 0 bridgehead atoms. The van der Waals surface area contributed by atoms with Gasteiger partial charge in [0.1, 0.15) is 5.75 Å². The molecule has 10 heavy (non-hydrogen) atoms. The second kappa shape index (κ2) is 5.82. The largest absolute Gasteiger partial charge is 1.00 e. The number of rotatable bonds is 3. The van der Waals surface area contributed by atoms with Crippen LogP contribution in [0.15, 0.2) is 0 Å². The minimum absolute atomic E-state index is 0. The van der Waals surface area contributed by atoms with Gasteiger partial charge < -0.3 is 22.6 Å². The van der Waals surface area contributed by atoms with Crippen molar-refractivity contribution in [1.82, 2.24) is 0 Å². The van der Waals surface area contributed by atoms with Crippen LogP contribution in [0.25, 0.3) is 0 Å². The highest BCUT2D eigenvalue weighted by atomic mass is 35.5. The van der Waals surface area contributed by atoms with E-state index in [0.29, 0.717) is 5.75 Å². The maximum atomic E-state index is 9.99. The lowest BCUT2D eigenvalue weighted by atomic mass is 10.4. The zero-order chi connectivity index (χ0) is 7.44. The highest BCUT2D eigenvalue weighted by Gasteiger charge is 2.19. The Kier molecular flexibility index (Phi) is 7.41. The molecular weight excluding hydrogens is 176 g/mol. The van der Waals surface area contributed by atoms with Gasteiger partial charge in [0.05, 0.1) is 12.5 Å². The number of halogens is 1. The molecule has 62 valence electrons. The second-order valence-electron chi connectivity index (χ2n) is 2.01. The molecule has 0 aliphatic rings. The monoisotopic (exact) mass is 186 g/mol. The molecule has 0 heterocycles. The minimum atomic E-state index is -1.18. The van der Waals surface area contributed by atoms with Crippen molar-refractivity contribution >= 4 is 16.9 Å². The minimum Gasteiger partial charge on any atom is -1.00 e. The molecule has 0 aliphatic carbocycles. The lowest BCUT2D eigenvalue weighted by Gasteiger charge is -2.00. The molecule has 0 spiro atoms. The first-order valence-corrected chi connectivity index (χ1v) is 4.70. The van der Waals surface area contributed by atoms with Gasteiger partial charge in [-0.05, 0) is 10.9 Å². The number of carbonyl (C=O) groups is 1. The van der Waals surface area contributed by atoms with Crippen LogP contribution in [0.2, 0.25) is 0 Å². The number of aliphatic carboxylic acids is 1. The third-order valence-electron chi connectivity index (χ3n) is 0.776. The van der Waals surface area contributed by atoms with E-state index in [4.69, 9.17) is 10.2 Å². The molecule has 0 aromatic rings. The lowest BCUT2D eigenvalue weighted by molar-refractivity contribution is -0.145. The molecular formula is C5H11ClO3S. The van der Waals surface area contributed by atoms with Gasteiger partial charge in [-0.25, -0.2) is 4.79 Å². The molecule has 5 heteroatoms. The fraction of sp³-hybridized carbons (Fsp3) is 0.800. The maximum Gasteiger partial charge on any atom is 0.337 e. The third-order valence-corrected chi connectivity index (χ3v) is 1.76. The number of hydrogen-bond donors (Lipinski definition) is 2. The lowest BCUT2D eigenvalue weighted by Crippen LogP contribution is -3.00. The number of aliphatic hydroxyl groups is 1. The summed E-state index contributed by atoms with van der Waals surface area (Å²) in [7, 11) is 0.00293. The summed E-state index contributed by atoms with van der Waals surface area (Å²) < 4.78 is 0. The Morgan fingerprint density at radius 3 is 2.10 bits per heavy atom. The number of hydrogen-bond acceptors (Lipinski definition) is 2. The van der Waals surface area contributed by atoms with Crippen LogP contribution in [0.3, 0.4) is 0 Å². The fourth-order valence-electron chi connectivity index (χ4n) is 0.387. The Bertz CT molecular complexity index is 107. The van der Waals surface area contributed by atoms with E-state index in [1.807, 2.05) is 12.5 Å². The van der Waals surface area contributed by atoms with E-state index < -0.39 is 12.1 Å². The van der Waals surface area contributed by atoms with E-state index in [0.717, 1.165) is 0 Å². The van der Waals surface area contributed by atoms with Crippen LogP contribution in [0, 0.1) is 0 Å². The van der Waals surface area contributed by atoms with E-state index >= 15 is 0 Å². The van der Waals surface area contributed by atoms with E-state index in [-0.39, 0.29) is 23.3 Å². The van der Waals surface area contributed by atoms with E-state index in [1.165, 1.54) is 0 Å². The summed E-state index contributed by atoms with van der Waals surface area (Å²) in [6.45, 7) is 0. The Morgan fingerprint density at radius 2 is 2.00 bits per heavy atom. The molecule has 0 fully saturated rings. The highest BCUT2D eigenvalue weighted by molar-refractivity contribution is 7.95. The summed E-state index contributed by atoms with van der Waals surface area (Å²) >= 11 is 0. The molecule has 0 aromatic heterocycles. The molecule has 0 saturated carbocycles. The number of aliphatic hydroxyl groups excluding tert-OH is 1. The van der Waals surface area contributed by atoms with Crippen LogP contribution in [-0.2, 0) is 15.7 Å².